The molecule has 50 heavy (non-hydrogen) atoms. The second-order valence-corrected chi connectivity index (χ2v) is 16.7. The van der Waals surface area contributed by atoms with Crippen LogP contribution in [0, 0.1) is 40.9 Å². The van der Waals surface area contributed by atoms with Gasteiger partial charge < -0.3 is 25.2 Å². The number of amides is 1. The number of ketones is 1. The molecule has 3 aliphatic carbocycles. The summed E-state index contributed by atoms with van der Waals surface area (Å²) < 4.78 is 5.99. The number of ether oxygens (including phenoxy) is 1. The van der Waals surface area contributed by atoms with Crippen LogP contribution in [0.15, 0.2) is 42.5 Å². The standard InChI is InChI=1S/C41H61N3O6/c1-24(2)17-27(21-43(7)8)18-35(47)29-15-13-28(14-16-29)32-12-10-11-30(39(32)49-9)22-44-38(37(26(4)46)36(23-45)50-44)40(48)42-34-20-31-19-33(25(34)3)41(31,5)6/h10-16,24-27,31,33-34,36-38,45-46H,17-23H2,1-9H3,(H,42,48)/t25-,26-,27+,31+,33-,34-,36-,37-,38-/m0/s1. The number of aliphatic hydroxyl groups is 2. The summed E-state index contributed by atoms with van der Waals surface area (Å²) in [6, 6.07) is 12.9. The van der Waals surface area contributed by atoms with Crippen molar-refractivity contribution in [3.63, 3.8) is 0 Å². The van der Waals surface area contributed by atoms with Gasteiger partial charge in [0.05, 0.1) is 26.4 Å². The van der Waals surface area contributed by atoms with Crippen molar-refractivity contribution >= 4 is 11.7 Å². The number of para-hydroxylation sites is 1. The molecule has 6 rings (SSSR count). The van der Waals surface area contributed by atoms with Gasteiger partial charge >= 0.3 is 0 Å². The highest BCUT2D eigenvalue weighted by molar-refractivity contribution is 5.96. The van der Waals surface area contributed by atoms with E-state index in [4.69, 9.17) is 9.57 Å². The number of fused-ring (bicyclic) bond motifs is 2. The zero-order valence-electron chi connectivity index (χ0n) is 31.7. The maximum absolute atomic E-state index is 14.1. The number of carbonyl (C=O) groups is 2. The van der Waals surface area contributed by atoms with Gasteiger partial charge in [-0.2, -0.15) is 5.06 Å². The van der Waals surface area contributed by atoms with Crippen LogP contribution in [0.3, 0.4) is 0 Å². The number of rotatable bonds is 15. The Kier molecular flexibility index (Phi) is 12.2. The van der Waals surface area contributed by atoms with Crippen LogP contribution in [-0.4, -0.2) is 90.5 Å². The summed E-state index contributed by atoms with van der Waals surface area (Å²) in [6.07, 6.45) is 2.08. The Labute approximate surface area is 299 Å². The van der Waals surface area contributed by atoms with Gasteiger partial charge in [-0.25, -0.2) is 0 Å². The van der Waals surface area contributed by atoms with Gasteiger partial charge in [0, 0.05) is 41.6 Å². The lowest BCUT2D eigenvalue weighted by atomic mass is 9.45. The average Bonchev–Trinajstić information content (AvgIpc) is 3.43. The van der Waals surface area contributed by atoms with E-state index in [0.29, 0.717) is 52.7 Å². The molecule has 0 radical (unpaired) electrons. The zero-order valence-corrected chi connectivity index (χ0v) is 31.7. The van der Waals surface area contributed by atoms with Gasteiger partial charge in [0.2, 0.25) is 5.91 Å². The van der Waals surface area contributed by atoms with Crippen molar-refractivity contribution in [1.82, 2.24) is 15.3 Å². The Hall–Kier alpha value is -2.82. The van der Waals surface area contributed by atoms with Crippen LogP contribution in [0.4, 0.5) is 0 Å². The van der Waals surface area contributed by atoms with E-state index in [1.165, 1.54) is 6.42 Å². The Balaban J connectivity index is 1.35. The third kappa shape index (κ3) is 7.97. The van der Waals surface area contributed by atoms with E-state index in [1.54, 1.807) is 19.1 Å². The first-order chi connectivity index (χ1) is 23.7. The second-order valence-electron chi connectivity index (χ2n) is 16.7. The number of hydrogen-bond acceptors (Lipinski definition) is 8. The molecule has 3 saturated carbocycles. The number of Topliss-reactive ketones (excluding diaryl/α,β-unsaturated/α-hetero) is 1. The maximum atomic E-state index is 14.1. The molecule has 9 atom stereocenters. The molecule has 4 fully saturated rings. The smallest absolute Gasteiger partial charge is 0.240 e. The molecule has 276 valence electrons. The summed E-state index contributed by atoms with van der Waals surface area (Å²) in [5, 5.41) is 26.1. The number of hydroxylamine groups is 2. The van der Waals surface area contributed by atoms with Crippen LogP contribution >= 0.6 is 0 Å². The zero-order chi connectivity index (χ0) is 36.5. The third-order valence-electron chi connectivity index (χ3n) is 12.1. The summed E-state index contributed by atoms with van der Waals surface area (Å²) in [7, 11) is 5.73. The topological polar surface area (TPSA) is 112 Å². The SMILES string of the molecule is COc1c(CN2O[C@@H](CO)[C@H]([C@H](C)O)[C@H]2C(=O)N[C@H]2C[C@H]3C[C@@H]([C@@H]2C)C3(C)C)cccc1-c1ccc(C(=O)C[C@@H](CC(C)C)CN(C)C)cc1. The van der Waals surface area contributed by atoms with Gasteiger partial charge in [-0.1, -0.05) is 77.1 Å². The molecule has 0 aromatic heterocycles. The second kappa shape index (κ2) is 15.8. The van der Waals surface area contributed by atoms with E-state index >= 15 is 0 Å². The predicted molar refractivity (Wildman–Crippen MR) is 196 cm³/mol. The molecule has 4 aliphatic rings. The fourth-order valence-electron chi connectivity index (χ4n) is 9.45. The molecule has 1 aliphatic heterocycles. The van der Waals surface area contributed by atoms with E-state index < -0.39 is 24.2 Å². The fourth-order valence-corrected chi connectivity index (χ4v) is 9.45. The van der Waals surface area contributed by atoms with Gasteiger partial charge in [-0.3, -0.25) is 14.4 Å². The van der Waals surface area contributed by atoms with Gasteiger partial charge in [-0.05, 0) is 80.8 Å². The lowest BCUT2D eigenvalue weighted by molar-refractivity contribution is -0.183. The van der Waals surface area contributed by atoms with Crippen molar-refractivity contribution in [2.24, 2.45) is 40.9 Å². The van der Waals surface area contributed by atoms with Gasteiger partial charge in [0.25, 0.3) is 0 Å². The highest BCUT2D eigenvalue weighted by atomic mass is 16.7. The minimum absolute atomic E-state index is 0.0609. The summed E-state index contributed by atoms with van der Waals surface area (Å²) in [6.45, 7) is 13.8. The first kappa shape index (κ1) is 38.4. The Bertz CT molecular complexity index is 1460. The molecule has 0 unspecified atom stereocenters. The number of carbonyl (C=O) groups excluding carboxylic acids is 2. The lowest BCUT2D eigenvalue weighted by Gasteiger charge is -2.62. The molecule has 2 bridgehead atoms. The molecule has 1 saturated heterocycles. The van der Waals surface area contributed by atoms with Crippen molar-refractivity contribution in [1.29, 1.82) is 0 Å². The van der Waals surface area contributed by atoms with Gasteiger partial charge in [0.15, 0.2) is 5.78 Å². The van der Waals surface area contributed by atoms with Crippen LogP contribution in [0.25, 0.3) is 11.1 Å². The van der Waals surface area contributed by atoms with E-state index in [2.05, 4.69) is 58.9 Å². The molecular weight excluding hydrogens is 630 g/mol. The van der Waals surface area contributed by atoms with Crippen LogP contribution in [0.1, 0.15) is 83.1 Å². The Morgan fingerprint density at radius 1 is 1.10 bits per heavy atom. The summed E-state index contributed by atoms with van der Waals surface area (Å²) in [5.74, 6) is 2.34. The molecule has 1 amide bonds. The molecule has 9 nitrogen and oxygen atoms in total. The molecule has 3 N–H and O–H groups in total. The number of nitrogens with one attached hydrogen (secondary N) is 1. The van der Waals surface area contributed by atoms with E-state index in [-0.39, 0.29) is 30.9 Å². The van der Waals surface area contributed by atoms with Crippen molar-refractivity contribution in [2.75, 3.05) is 34.4 Å². The van der Waals surface area contributed by atoms with Crippen LogP contribution < -0.4 is 10.1 Å². The predicted octanol–water partition coefficient (Wildman–Crippen LogP) is 5.82. The van der Waals surface area contributed by atoms with Crippen LogP contribution in [-0.2, 0) is 16.2 Å². The van der Waals surface area contributed by atoms with E-state index in [0.717, 1.165) is 36.1 Å². The molecular formula is C41H61N3O6. The Morgan fingerprint density at radius 2 is 1.80 bits per heavy atom. The summed E-state index contributed by atoms with van der Waals surface area (Å²) in [4.78, 5) is 35.8. The number of aliphatic hydroxyl groups excluding tert-OH is 2. The van der Waals surface area contributed by atoms with Crippen molar-refractivity contribution in [3.05, 3.63) is 53.6 Å². The molecule has 2 aromatic rings. The highest BCUT2D eigenvalue weighted by Gasteiger charge is 2.57. The normalized spacial score (nSPS) is 28.7. The van der Waals surface area contributed by atoms with E-state index in [1.807, 2.05) is 42.5 Å². The first-order valence-electron chi connectivity index (χ1n) is 18.6. The third-order valence-corrected chi connectivity index (χ3v) is 12.1. The average molecular weight is 692 g/mol. The fraction of sp³-hybridized carbons (Fsp3) is 0.659. The number of methoxy groups -OCH3 is 1. The number of nitrogens with zero attached hydrogens (tertiary/aromatic N) is 2. The van der Waals surface area contributed by atoms with Crippen LogP contribution in [0.2, 0.25) is 0 Å². The van der Waals surface area contributed by atoms with Gasteiger partial charge in [0.1, 0.15) is 17.9 Å². The first-order valence-corrected chi connectivity index (χ1v) is 18.6. The van der Waals surface area contributed by atoms with Crippen molar-refractivity contribution in [3.8, 4) is 16.9 Å². The molecule has 0 spiro atoms. The van der Waals surface area contributed by atoms with Crippen molar-refractivity contribution < 1.29 is 29.4 Å². The Morgan fingerprint density at radius 3 is 2.36 bits per heavy atom. The minimum atomic E-state index is -0.873. The summed E-state index contributed by atoms with van der Waals surface area (Å²) >= 11 is 0. The largest absolute Gasteiger partial charge is 0.496 e. The maximum Gasteiger partial charge on any atom is 0.240 e. The number of benzene rings is 2. The quantitative estimate of drug-likeness (QED) is 0.201. The lowest BCUT2D eigenvalue weighted by Crippen LogP contribution is -2.62. The van der Waals surface area contributed by atoms with Crippen LogP contribution in [0.5, 0.6) is 5.75 Å². The highest BCUT2D eigenvalue weighted by Crippen LogP contribution is 2.61. The molecule has 9 heteroatoms. The summed E-state index contributed by atoms with van der Waals surface area (Å²) in [5.41, 5.74) is 3.57. The minimum Gasteiger partial charge on any atom is -0.496 e. The van der Waals surface area contributed by atoms with E-state index in [9.17, 15) is 19.8 Å². The van der Waals surface area contributed by atoms with Gasteiger partial charge in [-0.15, -0.1) is 0 Å². The monoisotopic (exact) mass is 691 g/mol. The molecule has 2 aromatic carbocycles. The molecule has 1 heterocycles. The van der Waals surface area contributed by atoms with Crippen molar-refractivity contribution in [2.45, 2.75) is 98.1 Å². The number of hydrogen-bond donors (Lipinski definition) is 3.